The monoisotopic (exact) mass is 294 g/mol. The number of hydrogen-bond acceptors (Lipinski definition) is 4. The van der Waals surface area contributed by atoms with Crippen LogP contribution in [0.1, 0.15) is 38.7 Å². The molecule has 0 saturated heterocycles. The van der Waals surface area contributed by atoms with Crippen molar-refractivity contribution in [2.24, 2.45) is 5.92 Å². The van der Waals surface area contributed by atoms with E-state index in [1.165, 1.54) is 12.1 Å². The number of nitro groups is 1. The van der Waals surface area contributed by atoms with E-state index in [9.17, 15) is 20.0 Å². The lowest BCUT2D eigenvalue weighted by Gasteiger charge is -2.16. The number of nitro benzene ring substituents is 1. The number of aliphatic hydroxyl groups is 1. The topological polar surface area (TPSA) is 92.5 Å². The Morgan fingerprint density at radius 2 is 2.05 bits per heavy atom. The number of rotatable bonds is 7. The van der Waals surface area contributed by atoms with Gasteiger partial charge in [-0.15, -0.1) is 0 Å². The number of carbonyl (C=O) groups is 1. The molecular formula is C15H22N2O4. The third-order valence-electron chi connectivity index (χ3n) is 3.23. The molecule has 0 aliphatic rings. The van der Waals surface area contributed by atoms with Crippen molar-refractivity contribution in [3.05, 3.63) is 39.9 Å². The van der Waals surface area contributed by atoms with Gasteiger partial charge in [-0.25, -0.2) is 0 Å². The summed E-state index contributed by atoms with van der Waals surface area (Å²) < 4.78 is 0. The average molecular weight is 294 g/mol. The number of non-ortho nitro benzene ring substituents is 1. The molecule has 0 spiro atoms. The Labute approximate surface area is 124 Å². The molecule has 1 aromatic rings. The molecule has 6 nitrogen and oxygen atoms in total. The molecule has 2 unspecified atom stereocenters. The number of nitrogens with one attached hydrogen (secondary N) is 1. The molecule has 1 aromatic carbocycles. The normalized spacial score (nSPS) is 13.8. The van der Waals surface area contributed by atoms with E-state index >= 15 is 0 Å². The summed E-state index contributed by atoms with van der Waals surface area (Å²) >= 11 is 0. The van der Waals surface area contributed by atoms with E-state index < -0.39 is 16.9 Å². The van der Waals surface area contributed by atoms with Gasteiger partial charge in [0.2, 0.25) is 5.91 Å². The first kappa shape index (κ1) is 17.1. The summed E-state index contributed by atoms with van der Waals surface area (Å²) in [7, 11) is 0. The van der Waals surface area contributed by atoms with E-state index in [1.807, 2.05) is 13.8 Å². The molecule has 21 heavy (non-hydrogen) atoms. The number of hydrogen-bond donors (Lipinski definition) is 2. The van der Waals surface area contributed by atoms with Gasteiger partial charge in [0, 0.05) is 18.7 Å². The van der Waals surface area contributed by atoms with Crippen LogP contribution in [-0.4, -0.2) is 28.6 Å². The zero-order chi connectivity index (χ0) is 16.0. The van der Waals surface area contributed by atoms with E-state index in [0.717, 1.165) is 0 Å². The summed E-state index contributed by atoms with van der Waals surface area (Å²) in [5, 5.41) is 23.1. The van der Waals surface area contributed by atoms with Gasteiger partial charge in [-0.05, 0) is 24.8 Å². The van der Waals surface area contributed by atoms with Gasteiger partial charge in [0.25, 0.3) is 5.69 Å². The van der Waals surface area contributed by atoms with E-state index in [4.69, 9.17) is 0 Å². The van der Waals surface area contributed by atoms with Crippen LogP contribution in [0.25, 0.3) is 0 Å². The van der Waals surface area contributed by atoms with E-state index in [2.05, 4.69) is 5.32 Å². The molecule has 0 aliphatic carbocycles. The Kier molecular flexibility index (Phi) is 6.30. The van der Waals surface area contributed by atoms with Gasteiger partial charge < -0.3 is 10.4 Å². The van der Waals surface area contributed by atoms with Gasteiger partial charge in [0.1, 0.15) is 0 Å². The Balaban J connectivity index is 2.62. The van der Waals surface area contributed by atoms with Crippen molar-refractivity contribution in [1.29, 1.82) is 0 Å². The highest BCUT2D eigenvalue weighted by atomic mass is 16.6. The Morgan fingerprint density at radius 3 is 2.62 bits per heavy atom. The predicted octanol–water partition coefficient (Wildman–Crippen LogP) is 2.22. The lowest BCUT2D eigenvalue weighted by atomic mass is 9.99. The van der Waals surface area contributed by atoms with Gasteiger partial charge in [0.05, 0.1) is 16.9 Å². The molecular weight excluding hydrogens is 272 g/mol. The number of amides is 1. The SMILES string of the molecule is CC(C)CC(O)CNC(=O)C(C)c1cccc([N+](=O)[O-])c1. The first-order valence-electron chi connectivity index (χ1n) is 7.01. The molecule has 2 N–H and O–H groups in total. The van der Waals surface area contributed by atoms with Crippen molar-refractivity contribution in [2.45, 2.75) is 39.2 Å². The van der Waals surface area contributed by atoms with Crippen LogP contribution in [0.2, 0.25) is 0 Å². The van der Waals surface area contributed by atoms with Crippen molar-refractivity contribution in [3.8, 4) is 0 Å². The van der Waals surface area contributed by atoms with E-state index in [0.29, 0.717) is 17.9 Å². The first-order valence-corrected chi connectivity index (χ1v) is 7.01. The fraction of sp³-hybridized carbons (Fsp3) is 0.533. The molecule has 116 valence electrons. The van der Waals surface area contributed by atoms with Crippen LogP contribution in [-0.2, 0) is 4.79 Å². The summed E-state index contributed by atoms with van der Waals surface area (Å²) in [6.45, 7) is 5.87. The van der Waals surface area contributed by atoms with Crippen molar-refractivity contribution < 1.29 is 14.8 Å². The van der Waals surface area contributed by atoms with Gasteiger partial charge in [-0.2, -0.15) is 0 Å². The highest BCUT2D eigenvalue weighted by molar-refractivity contribution is 5.83. The van der Waals surface area contributed by atoms with Gasteiger partial charge in [0.15, 0.2) is 0 Å². The van der Waals surface area contributed by atoms with E-state index in [-0.39, 0.29) is 18.1 Å². The first-order chi connectivity index (χ1) is 9.81. The Hall–Kier alpha value is -1.95. The molecule has 0 radical (unpaired) electrons. The lowest BCUT2D eigenvalue weighted by Crippen LogP contribution is -2.35. The molecule has 6 heteroatoms. The molecule has 0 aliphatic heterocycles. The summed E-state index contributed by atoms with van der Waals surface area (Å²) in [6.07, 6.45) is 0.0390. The predicted molar refractivity (Wildman–Crippen MR) is 80.0 cm³/mol. The standard InChI is InChI=1S/C15H22N2O4/c1-10(2)7-14(18)9-16-15(19)11(3)12-5-4-6-13(8-12)17(20)21/h4-6,8,10-11,14,18H,7,9H2,1-3H3,(H,16,19). The lowest BCUT2D eigenvalue weighted by molar-refractivity contribution is -0.384. The zero-order valence-electron chi connectivity index (χ0n) is 12.6. The number of carbonyl (C=O) groups excluding carboxylic acids is 1. The number of benzene rings is 1. The van der Waals surface area contributed by atoms with Gasteiger partial charge in [-0.1, -0.05) is 26.0 Å². The average Bonchev–Trinajstić information content (AvgIpc) is 2.43. The molecule has 0 fully saturated rings. The summed E-state index contributed by atoms with van der Waals surface area (Å²) in [4.78, 5) is 22.3. The van der Waals surface area contributed by atoms with Crippen LogP contribution in [0, 0.1) is 16.0 Å². The van der Waals surface area contributed by atoms with Crippen LogP contribution < -0.4 is 5.32 Å². The fourth-order valence-electron chi connectivity index (χ4n) is 2.06. The summed E-state index contributed by atoms with van der Waals surface area (Å²) in [5.41, 5.74) is 0.548. The molecule has 1 amide bonds. The molecule has 0 heterocycles. The second-order valence-electron chi connectivity index (χ2n) is 5.60. The second kappa shape index (κ2) is 7.73. The maximum Gasteiger partial charge on any atom is 0.269 e. The Morgan fingerprint density at radius 1 is 1.38 bits per heavy atom. The fourth-order valence-corrected chi connectivity index (χ4v) is 2.06. The number of nitrogens with zero attached hydrogens (tertiary/aromatic N) is 1. The van der Waals surface area contributed by atoms with E-state index in [1.54, 1.807) is 19.1 Å². The summed E-state index contributed by atoms with van der Waals surface area (Å²) in [6, 6.07) is 6.03. The zero-order valence-corrected chi connectivity index (χ0v) is 12.6. The van der Waals surface area contributed by atoms with Crippen LogP contribution in [0.15, 0.2) is 24.3 Å². The molecule has 1 rings (SSSR count). The molecule has 2 atom stereocenters. The van der Waals surface area contributed by atoms with Gasteiger partial charge in [-0.3, -0.25) is 14.9 Å². The summed E-state index contributed by atoms with van der Waals surface area (Å²) in [5.74, 6) is -0.402. The highest BCUT2D eigenvalue weighted by Crippen LogP contribution is 2.20. The quantitative estimate of drug-likeness (QED) is 0.595. The minimum Gasteiger partial charge on any atom is -0.391 e. The minimum absolute atomic E-state index is 0.0352. The highest BCUT2D eigenvalue weighted by Gasteiger charge is 2.18. The third kappa shape index (κ3) is 5.51. The maximum atomic E-state index is 12.0. The number of aliphatic hydroxyl groups excluding tert-OH is 1. The van der Waals surface area contributed by atoms with Crippen LogP contribution in [0.3, 0.4) is 0 Å². The van der Waals surface area contributed by atoms with Crippen molar-refractivity contribution in [1.82, 2.24) is 5.32 Å². The second-order valence-corrected chi connectivity index (χ2v) is 5.60. The molecule has 0 saturated carbocycles. The smallest absolute Gasteiger partial charge is 0.269 e. The van der Waals surface area contributed by atoms with Crippen molar-refractivity contribution in [3.63, 3.8) is 0 Å². The van der Waals surface area contributed by atoms with Crippen LogP contribution in [0.4, 0.5) is 5.69 Å². The Bertz CT molecular complexity index is 502. The maximum absolute atomic E-state index is 12.0. The third-order valence-corrected chi connectivity index (χ3v) is 3.23. The van der Waals surface area contributed by atoms with Gasteiger partial charge >= 0.3 is 0 Å². The van der Waals surface area contributed by atoms with Crippen molar-refractivity contribution >= 4 is 11.6 Å². The van der Waals surface area contributed by atoms with Crippen molar-refractivity contribution in [2.75, 3.05) is 6.54 Å². The molecule has 0 aromatic heterocycles. The van der Waals surface area contributed by atoms with Crippen LogP contribution in [0.5, 0.6) is 0 Å². The largest absolute Gasteiger partial charge is 0.391 e. The van der Waals surface area contributed by atoms with Crippen LogP contribution >= 0.6 is 0 Å². The molecule has 0 bridgehead atoms. The minimum atomic E-state index is -0.578.